The quantitative estimate of drug-likeness (QED) is 0.656. The number of hydrazone groups is 1. The third-order valence-electron chi connectivity index (χ3n) is 2.81. The molecule has 6 nitrogen and oxygen atoms in total. The molecule has 1 heterocycles. The number of nitrogens with one attached hydrogen (secondary N) is 1. The minimum Gasteiger partial charge on any atom is -0.493 e. The number of nitrogens with zero attached hydrogens (tertiary/aromatic N) is 2. The molecule has 0 bridgehead atoms. The van der Waals surface area contributed by atoms with E-state index in [-0.39, 0.29) is 5.91 Å². The largest absolute Gasteiger partial charge is 0.493 e. The molecule has 0 aliphatic carbocycles. The summed E-state index contributed by atoms with van der Waals surface area (Å²) in [7, 11) is 1.58. The summed E-state index contributed by atoms with van der Waals surface area (Å²) in [5.74, 6) is 0.992. The maximum atomic E-state index is 11.8. The molecule has 2 rings (SSSR count). The lowest BCUT2D eigenvalue weighted by molar-refractivity contribution is 0.0955. The lowest BCUT2D eigenvalue weighted by Crippen LogP contribution is -2.17. The van der Waals surface area contributed by atoms with Gasteiger partial charge in [-0.25, -0.2) is 5.43 Å². The molecule has 0 aliphatic rings. The van der Waals surface area contributed by atoms with E-state index in [1.807, 2.05) is 13.0 Å². The number of pyridine rings is 1. The monoisotopic (exact) mass is 299 g/mol. The highest BCUT2D eigenvalue weighted by atomic mass is 16.5. The first-order valence-electron chi connectivity index (χ1n) is 6.79. The summed E-state index contributed by atoms with van der Waals surface area (Å²) in [6, 6.07) is 8.64. The van der Waals surface area contributed by atoms with Crippen LogP contribution in [0.15, 0.2) is 47.8 Å². The third kappa shape index (κ3) is 4.05. The number of ether oxygens (including phenoxy) is 2. The fraction of sp³-hybridized carbons (Fsp3) is 0.188. The van der Waals surface area contributed by atoms with Gasteiger partial charge in [0.15, 0.2) is 11.5 Å². The molecular formula is C16H17N3O3. The third-order valence-corrected chi connectivity index (χ3v) is 2.81. The zero-order chi connectivity index (χ0) is 15.8. The molecular weight excluding hydrogens is 282 g/mol. The van der Waals surface area contributed by atoms with Gasteiger partial charge in [0.2, 0.25) is 0 Å². The lowest BCUT2D eigenvalue weighted by Gasteiger charge is -2.09. The van der Waals surface area contributed by atoms with E-state index >= 15 is 0 Å². The zero-order valence-corrected chi connectivity index (χ0v) is 12.4. The van der Waals surface area contributed by atoms with E-state index in [9.17, 15) is 4.79 Å². The van der Waals surface area contributed by atoms with Gasteiger partial charge in [-0.15, -0.1) is 0 Å². The van der Waals surface area contributed by atoms with Crippen LogP contribution in [0, 0.1) is 0 Å². The molecule has 0 saturated heterocycles. The highest BCUT2D eigenvalue weighted by molar-refractivity contribution is 5.94. The Morgan fingerprint density at radius 1 is 1.27 bits per heavy atom. The summed E-state index contributed by atoms with van der Waals surface area (Å²) < 4.78 is 10.7. The molecule has 1 aromatic carbocycles. The first-order valence-corrected chi connectivity index (χ1v) is 6.79. The number of hydrogen-bond acceptors (Lipinski definition) is 5. The van der Waals surface area contributed by atoms with Crippen LogP contribution in [-0.2, 0) is 0 Å². The highest BCUT2D eigenvalue weighted by Crippen LogP contribution is 2.27. The maximum absolute atomic E-state index is 11.8. The Bertz CT molecular complexity index is 657. The van der Waals surface area contributed by atoms with Crippen molar-refractivity contribution in [1.29, 1.82) is 0 Å². The van der Waals surface area contributed by atoms with Crippen molar-refractivity contribution in [3.63, 3.8) is 0 Å². The van der Waals surface area contributed by atoms with Crippen LogP contribution in [0.2, 0.25) is 0 Å². The lowest BCUT2D eigenvalue weighted by atomic mass is 10.2. The minimum absolute atomic E-state index is 0.294. The predicted molar refractivity (Wildman–Crippen MR) is 83.5 cm³/mol. The molecule has 0 spiro atoms. The van der Waals surface area contributed by atoms with Crippen molar-refractivity contribution in [2.45, 2.75) is 6.92 Å². The minimum atomic E-state index is -0.294. The summed E-state index contributed by atoms with van der Waals surface area (Å²) in [5, 5.41) is 3.93. The van der Waals surface area contributed by atoms with Gasteiger partial charge in [0.25, 0.3) is 5.91 Å². The Kier molecular flexibility index (Phi) is 5.48. The van der Waals surface area contributed by atoms with Crippen LogP contribution < -0.4 is 14.9 Å². The number of rotatable bonds is 6. The van der Waals surface area contributed by atoms with Gasteiger partial charge in [0.05, 0.1) is 19.9 Å². The number of hydrogen-bond donors (Lipinski definition) is 1. The van der Waals surface area contributed by atoms with Crippen LogP contribution >= 0.6 is 0 Å². The molecule has 1 aromatic heterocycles. The highest BCUT2D eigenvalue weighted by Gasteiger charge is 2.05. The van der Waals surface area contributed by atoms with Gasteiger partial charge in [-0.05, 0) is 42.8 Å². The Hall–Kier alpha value is -2.89. The van der Waals surface area contributed by atoms with E-state index in [0.29, 0.717) is 23.7 Å². The molecule has 22 heavy (non-hydrogen) atoms. The van der Waals surface area contributed by atoms with Crippen molar-refractivity contribution in [2.24, 2.45) is 5.10 Å². The molecule has 1 amide bonds. The van der Waals surface area contributed by atoms with Gasteiger partial charge >= 0.3 is 0 Å². The second-order valence-corrected chi connectivity index (χ2v) is 4.28. The maximum Gasteiger partial charge on any atom is 0.271 e. The number of benzene rings is 1. The topological polar surface area (TPSA) is 72.8 Å². The Balaban J connectivity index is 2.04. The molecule has 114 valence electrons. The van der Waals surface area contributed by atoms with Gasteiger partial charge in [0, 0.05) is 18.0 Å². The van der Waals surface area contributed by atoms with Crippen molar-refractivity contribution in [3.8, 4) is 11.5 Å². The molecule has 0 radical (unpaired) electrons. The number of amides is 1. The van der Waals surface area contributed by atoms with Crippen molar-refractivity contribution >= 4 is 12.1 Å². The van der Waals surface area contributed by atoms with Gasteiger partial charge in [-0.1, -0.05) is 0 Å². The zero-order valence-electron chi connectivity index (χ0n) is 12.4. The van der Waals surface area contributed by atoms with Crippen LogP contribution in [0.5, 0.6) is 11.5 Å². The van der Waals surface area contributed by atoms with Crippen LogP contribution in [0.3, 0.4) is 0 Å². The Morgan fingerprint density at radius 3 is 2.73 bits per heavy atom. The molecule has 6 heteroatoms. The van der Waals surface area contributed by atoms with E-state index in [4.69, 9.17) is 9.47 Å². The van der Waals surface area contributed by atoms with E-state index < -0.39 is 0 Å². The molecule has 0 saturated carbocycles. The van der Waals surface area contributed by atoms with Gasteiger partial charge in [0.1, 0.15) is 0 Å². The van der Waals surface area contributed by atoms with E-state index in [2.05, 4.69) is 15.5 Å². The van der Waals surface area contributed by atoms with Crippen LogP contribution in [-0.4, -0.2) is 30.8 Å². The number of carbonyl (C=O) groups is 1. The average Bonchev–Trinajstić information content (AvgIpc) is 2.56. The van der Waals surface area contributed by atoms with E-state index in [1.54, 1.807) is 50.0 Å². The average molecular weight is 299 g/mol. The summed E-state index contributed by atoms with van der Waals surface area (Å²) in [6.07, 6.45) is 4.65. The van der Waals surface area contributed by atoms with Crippen LogP contribution in [0.1, 0.15) is 22.8 Å². The van der Waals surface area contributed by atoms with Crippen LogP contribution in [0.4, 0.5) is 0 Å². The molecule has 1 N–H and O–H groups in total. The van der Waals surface area contributed by atoms with E-state index in [1.165, 1.54) is 0 Å². The molecule has 0 fully saturated rings. The van der Waals surface area contributed by atoms with Gasteiger partial charge in [-0.2, -0.15) is 5.10 Å². The Morgan fingerprint density at radius 2 is 2.05 bits per heavy atom. The standard InChI is InChI=1S/C16H17N3O3/c1-3-22-15-10-12(4-5-14(15)21-2)11-18-19-16(20)13-6-8-17-9-7-13/h4-11H,3H2,1-2H3,(H,19,20)/b18-11+. The summed E-state index contributed by atoms with van der Waals surface area (Å²) >= 11 is 0. The first kappa shape index (κ1) is 15.5. The number of methoxy groups -OCH3 is 1. The van der Waals surface area contributed by atoms with Crippen molar-refractivity contribution in [1.82, 2.24) is 10.4 Å². The van der Waals surface area contributed by atoms with E-state index in [0.717, 1.165) is 5.56 Å². The van der Waals surface area contributed by atoms with Crippen molar-refractivity contribution in [2.75, 3.05) is 13.7 Å². The second kappa shape index (κ2) is 7.78. The van der Waals surface area contributed by atoms with Crippen molar-refractivity contribution < 1.29 is 14.3 Å². The second-order valence-electron chi connectivity index (χ2n) is 4.28. The fourth-order valence-electron chi connectivity index (χ4n) is 1.78. The smallest absolute Gasteiger partial charge is 0.271 e. The first-order chi connectivity index (χ1) is 10.7. The predicted octanol–water partition coefficient (Wildman–Crippen LogP) is 2.25. The molecule has 0 aliphatic heterocycles. The summed E-state index contributed by atoms with van der Waals surface area (Å²) in [5.41, 5.74) is 3.75. The molecule has 2 aromatic rings. The van der Waals surface area contributed by atoms with Gasteiger partial charge in [-0.3, -0.25) is 9.78 Å². The molecule has 0 atom stereocenters. The SMILES string of the molecule is CCOc1cc(/C=N/NC(=O)c2ccncc2)ccc1OC. The fourth-order valence-corrected chi connectivity index (χ4v) is 1.78. The summed E-state index contributed by atoms with van der Waals surface area (Å²) in [4.78, 5) is 15.7. The number of carbonyl (C=O) groups excluding carboxylic acids is 1. The van der Waals surface area contributed by atoms with Crippen LogP contribution in [0.25, 0.3) is 0 Å². The normalized spacial score (nSPS) is 10.5. The Labute approximate surface area is 128 Å². The molecule has 0 unspecified atom stereocenters. The van der Waals surface area contributed by atoms with Gasteiger partial charge < -0.3 is 9.47 Å². The number of aromatic nitrogens is 1. The summed E-state index contributed by atoms with van der Waals surface area (Å²) in [6.45, 7) is 2.44. The van der Waals surface area contributed by atoms with Crippen molar-refractivity contribution in [3.05, 3.63) is 53.9 Å².